The van der Waals surface area contributed by atoms with Crippen LogP contribution in [0.3, 0.4) is 0 Å². The van der Waals surface area contributed by atoms with Crippen molar-refractivity contribution >= 4 is 74.7 Å². The molecule has 0 radical (unpaired) electrons. The molecule has 1 aromatic carbocycles. The molecule has 0 atom stereocenters. The molecule has 5 nitrogen and oxygen atoms in total. The third-order valence-electron chi connectivity index (χ3n) is 1.36. The molecule has 0 saturated carbocycles. The number of phenolic OH excluding ortho intramolecular Hbond substituents is 1. The monoisotopic (exact) mass is 367 g/mol. The number of anilines is 1. The first-order valence-electron chi connectivity index (χ1n) is 3.43. The Labute approximate surface area is 126 Å². The SMILES string of the molecule is NP(N)(=O)Nc1ccc(O)c(Br)c1Br.[NaH]. The zero-order valence-corrected chi connectivity index (χ0v) is 10.9. The Bertz CT molecular complexity index is 412. The first-order valence-corrected chi connectivity index (χ1v) is 6.87. The molecule has 0 aliphatic heterocycles. The third kappa shape index (κ3) is 4.75. The first kappa shape index (κ1) is 15.9. The Morgan fingerprint density at radius 2 is 1.80 bits per heavy atom. The van der Waals surface area contributed by atoms with Gasteiger partial charge in [-0.3, -0.25) is 15.6 Å². The molecule has 6 N–H and O–H groups in total. The number of benzene rings is 1. The van der Waals surface area contributed by atoms with Crippen molar-refractivity contribution in [2.75, 3.05) is 5.09 Å². The molecule has 0 bridgehead atoms. The molecule has 0 fully saturated rings. The molecular weight excluding hydrogens is 360 g/mol. The molecule has 15 heavy (non-hydrogen) atoms. The van der Waals surface area contributed by atoms with Crippen LogP contribution in [0.5, 0.6) is 5.75 Å². The summed E-state index contributed by atoms with van der Waals surface area (Å²) in [5, 5.41) is 11.7. The summed E-state index contributed by atoms with van der Waals surface area (Å²) in [5.41, 5.74) is 10.7. The summed E-state index contributed by atoms with van der Waals surface area (Å²) in [7, 11) is -3.33. The van der Waals surface area contributed by atoms with Crippen LogP contribution < -0.4 is 16.1 Å². The van der Waals surface area contributed by atoms with E-state index in [4.69, 9.17) is 11.0 Å². The zero-order chi connectivity index (χ0) is 10.9. The van der Waals surface area contributed by atoms with E-state index in [0.717, 1.165) is 0 Å². The third-order valence-corrected chi connectivity index (χ3v) is 4.11. The number of aromatic hydroxyl groups is 1. The minimum atomic E-state index is -3.33. The summed E-state index contributed by atoms with van der Waals surface area (Å²) >= 11 is 6.31. The molecule has 1 aromatic rings. The van der Waals surface area contributed by atoms with Crippen LogP contribution in [0.1, 0.15) is 0 Å². The van der Waals surface area contributed by atoms with E-state index >= 15 is 0 Å². The number of halogens is 2. The summed E-state index contributed by atoms with van der Waals surface area (Å²) < 4.78 is 12.0. The van der Waals surface area contributed by atoms with Gasteiger partial charge >= 0.3 is 29.6 Å². The fourth-order valence-corrected chi connectivity index (χ4v) is 2.31. The van der Waals surface area contributed by atoms with Crippen molar-refractivity contribution in [1.29, 1.82) is 0 Å². The van der Waals surface area contributed by atoms with Gasteiger partial charge in [0.2, 0.25) is 0 Å². The molecule has 0 aliphatic rings. The summed E-state index contributed by atoms with van der Waals surface area (Å²) in [6.07, 6.45) is 0. The molecule has 0 unspecified atom stereocenters. The molecule has 0 heterocycles. The Balaban J connectivity index is 0.00000196. The molecule has 0 spiro atoms. The van der Waals surface area contributed by atoms with Gasteiger partial charge in [-0.05, 0) is 44.0 Å². The van der Waals surface area contributed by atoms with E-state index < -0.39 is 7.59 Å². The van der Waals surface area contributed by atoms with Crippen LogP contribution in [-0.4, -0.2) is 34.7 Å². The molecular formula is C6H9Br2N3NaO2P. The van der Waals surface area contributed by atoms with Gasteiger partial charge in [0.25, 0.3) is 7.59 Å². The van der Waals surface area contributed by atoms with Gasteiger partial charge in [-0.1, -0.05) is 0 Å². The van der Waals surface area contributed by atoms with Gasteiger partial charge in [0.15, 0.2) is 0 Å². The van der Waals surface area contributed by atoms with Crippen molar-refractivity contribution in [3.63, 3.8) is 0 Å². The maximum atomic E-state index is 11.1. The average molecular weight is 369 g/mol. The van der Waals surface area contributed by atoms with Crippen molar-refractivity contribution in [3.05, 3.63) is 21.1 Å². The fourth-order valence-electron chi connectivity index (χ4n) is 0.814. The molecule has 0 amide bonds. The quantitative estimate of drug-likeness (QED) is 0.361. The van der Waals surface area contributed by atoms with Crippen LogP contribution in [0.25, 0.3) is 0 Å². The standard InChI is InChI=1S/C6H8Br2N3O2P.Na.H/c7-5-3(11-14(9,10)13)1-2-4(12)6(5)8;;/h1-2,12H,(H5,9,10,11,13);;. The van der Waals surface area contributed by atoms with E-state index in [2.05, 4.69) is 36.9 Å². The summed E-state index contributed by atoms with van der Waals surface area (Å²) in [4.78, 5) is 0. The molecule has 0 aromatic heterocycles. The number of nitrogens with one attached hydrogen (secondary N) is 1. The molecule has 1 rings (SSSR count). The Kier molecular flexibility index (Phi) is 6.40. The van der Waals surface area contributed by atoms with Gasteiger partial charge < -0.3 is 10.2 Å². The summed E-state index contributed by atoms with van der Waals surface area (Å²) in [5.74, 6) is 0.0614. The maximum absolute atomic E-state index is 11.1. The van der Waals surface area contributed by atoms with Gasteiger partial charge in [0.1, 0.15) is 5.75 Å². The zero-order valence-electron chi connectivity index (χ0n) is 6.87. The molecule has 0 saturated heterocycles. The van der Waals surface area contributed by atoms with Crippen LogP contribution in [-0.2, 0) is 4.57 Å². The van der Waals surface area contributed by atoms with Gasteiger partial charge in [-0.15, -0.1) is 0 Å². The second-order valence-corrected chi connectivity index (χ2v) is 5.81. The number of hydrogen-bond acceptors (Lipinski definition) is 2. The van der Waals surface area contributed by atoms with Crippen molar-refractivity contribution in [3.8, 4) is 5.75 Å². The van der Waals surface area contributed by atoms with Gasteiger partial charge in [-0.25, -0.2) is 0 Å². The van der Waals surface area contributed by atoms with Crippen molar-refractivity contribution < 1.29 is 9.67 Å². The Morgan fingerprint density at radius 1 is 1.27 bits per heavy atom. The molecule has 9 heteroatoms. The van der Waals surface area contributed by atoms with Crippen LogP contribution in [0, 0.1) is 0 Å². The van der Waals surface area contributed by atoms with Gasteiger partial charge in [0.05, 0.1) is 14.6 Å². The normalized spacial score (nSPS) is 10.7. The number of rotatable bonds is 2. The number of phenols is 1. The van der Waals surface area contributed by atoms with Crippen molar-refractivity contribution in [1.82, 2.24) is 0 Å². The van der Waals surface area contributed by atoms with Crippen molar-refractivity contribution in [2.45, 2.75) is 0 Å². The number of hydrogen-bond donors (Lipinski definition) is 4. The molecule has 0 aliphatic carbocycles. The van der Waals surface area contributed by atoms with E-state index in [-0.39, 0.29) is 35.3 Å². The fraction of sp³-hybridized carbons (Fsp3) is 0. The van der Waals surface area contributed by atoms with Gasteiger partial charge in [0, 0.05) is 0 Å². The second kappa shape index (κ2) is 6.02. The number of nitrogens with two attached hydrogens (primary N) is 2. The minimum absolute atomic E-state index is 0. The second-order valence-electron chi connectivity index (χ2n) is 2.58. The topological polar surface area (TPSA) is 101 Å². The predicted octanol–water partition coefficient (Wildman–Crippen LogP) is 1.71. The average Bonchev–Trinajstić information content (AvgIpc) is 2.04. The van der Waals surface area contributed by atoms with E-state index in [9.17, 15) is 9.67 Å². The van der Waals surface area contributed by atoms with Crippen molar-refractivity contribution in [2.24, 2.45) is 11.0 Å². The van der Waals surface area contributed by atoms with E-state index in [1.165, 1.54) is 12.1 Å². The van der Waals surface area contributed by atoms with Crippen LogP contribution in [0.4, 0.5) is 5.69 Å². The summed E-state index contributed by atoms with van der Waals surface area (Å²) in [6, 6.07) is 2.93. The predicted molar refractivity (Wildman–Crippen MR) is 70.3 cm³/mol. The first-order chi connectivity index (χ1) is 6.31. The van der Waals surface area contributed by atoms with E-state index in [0.29, 0.717) is 14.6 Å². The van der Waals surface area contributed by atoms with E-state index in [1.54, 1.807) is 0 Å². The molecule has 80 valence electrons. The van der Waals surface area contributed by atoms with E-state index in [1.807, 2.05) is 0 Å². The Morgan fingerprint density at radius 3 is 2.27 bits per heavy atom. The van der Waals surface area contributed by atoms with Gasteiger partial charge in [-0.2, -0.15) is 0 Å². The van der Waals surface area contributed by atoms with Crippen LogP contribution in [0.2, 0.25) is 0 Å². The van der Waals surface area contributed by atoms with Crippen LogP contribution >= 0.6 is 39.5 Å². The summed E-state index contributed by atoms with van der Waals surface area (Å²) in [6.45, 7) is 0. The van der Waals surface area contributed by atoms with Crippen LogP contribution in [0.15, 0.2) is 21.1 Å². The Hall–Kier alpha value is 0.930.